The van der Waals surface area contributed by atoms with Crippen LogP contribution in [0.5, 0.6) is 0 Å². The molecule has 158 valence electrons. The van der Waals surface area contributed by atoms with E-state index in [-0.39, 0.29) is 5.91 Å². The molecule has 1 aliphatic heterocycles. The second-order valence-corrected chi connectivity index (χ2v) is 7.67. The minimum Gasteiger partial charge on any atom is -0.328 e. The van der Waals surface area contributed by atoms with E-state index < -0.39 is 6.04 Å². The van der Waals surface area contributed by atoms with Gasteiger partial charge in [-0.2, -0.15) is 4.98 Å². The Morgan fingerprint density at radius 1 is 1.09 bits per heavy atom. The van der Waals surface area contributed by atoms with Crippen LogP contribution in [-0.4, -0.2) is 30.6 Å². The van der Waals surface area contributed by atoms with E-state index in [2.05, 4.69) is 25.6 Å². The van der Waals surface area contributed by atoms with Crippen molar-refractivity contribution in [2.45, 2.75) is 13.0 Å². The van der Waals surface area contributed by atoms with Crippen molar-refractivity contribution in [3.05, 3.63) is 95.0 Å². The number of pyridine rings is 2. The van der Waals surface area contributed by atoms with Crippen LogP contribution in [0.4, 0.5) is 11.8 Å². The summed E-state index contributed by atoms with van der Waals surface area (Å²) in [6.45, 7) is 1.85. The fourth-order valence-corrected chi connectivity index (χ4v) is 3.76. The summed E-state index contributed by atoms with van der Waals surface area (Å²) in [5.74, 6) is 1.24. The van der Waals surface area contributed by atoms with Gasteiger partial charge in [0.25, 0.3) is 5.91 Å². The molecule has 3 aromatic heterocycles. The molecule has 1 unspecified atom stereocenters. The molecule has 0 aliphatic carbocycles. The number of allylic oxidation sites excluding steroid dienone is 1. The summed E-state index contributed by atoms with van der Waals surface area (Å²) >= 11 is 6.12. The van der Waals surface area contributed by atoms with Crippen LogP contribution in [0.2, 0.25) is 5.02 Å². The lowest BCUT2D eigenvalue weighted by Gasteiger charge is -2.28. The van der Waals surface area contributed by atoms with E-state index in [4.69, 9.17) is 16.7 Å². The first-order valence-corrected chi connectivity index (χ1v) is 10.3. The topological polar surface area (TPSA) is 97.6 Å². The number of halogens is 1. The van der Waals surface area contributed by atoms with Crippen molar-refractivity contribution in [3.8, 4) is 11.4 Å². The van der Waals surface area contributed by atoms with Gasteiger partial charge in [-0.25, -0.2) is 9.67 Å². The second kappa shape index (κ2) is 8.24. The van der Waals surface area contributed by atoms with E-state index in [9.17, 15) is 4.79 Å². The molecular weight excluding hydrogens is 426 g/mol. The molecule has 1 atom stereocenters. The first-order chi connectivity index (χ1) is 15.6. The Morgan fingerprint density at radius 3 is 2.66 bits per heavy atom. The molecule has 8 nitrogen and oxygen atoms in total. The van der Waals surface area contributed by atoms with Gasteiger partial charge in [0, 0.05) is 34.9 Å². The fourth-order valence-electron chi connectivity index (χ4n) is 3.64. The predicted molar refractivity (Wildman–Crippen MR) is 122 cm³/mol. The fraction of sp³-hybridized carbons (Fsp3) is 0.0870. The Bertz CT molecular complexity index is 1300. The van der Waals surface area contributed by atoms with Gasteiger partial charge in [-0.15, -0.1) is 5.10 Å². The molecule has 9 heteroatoms. The van der Waals surface area contributed by atoms with Gasteiger partial charge in [0.2, 0.25) is 5.95 Å². The van der Waals surface area contributed by atoms with Crippen molar-refractivity contribution in [1.29, 1.82) is 0 Å². The highest BCUT2D eigenvalue weighted by Crippen LogP contribution is 2.37. The maximum atomic E-state index is 13.4. The number of amides is 1. The van der Waals surface area contributed by atoms with Gasteiger partial charge in [0.15, 0.2) is 5.82 Å². The average molecular weight is 444 g/mol. The zero-order valence-electron chi connectivity index (χ0n) is 17.0. The SMILES string of the molecule is CC1=C(C(=O)Nc2ccccn2)C(c2ccc(Cl)cc2)n2nc(-c3cccnc3)nc2N1. The Labute approximate surface area is 189 Å². The third-order valence-corrected chi connectivity index (χ3v) is 5.36. The van der Waals surface area contributed by atoms with Gasteiger partial charge >= 0.3 is 0 Å². The number of carbonyl (C=O) groups is 1. The molecule has 0 fully saturated rings. The van der Waals surface area contributed by atoms with Gasteiger partial charge in [0.05, 0.1) is 5.57 Å². The van der Waals surface area contributed by atoms with Gasteiger partial charge in [-0.05, 0) is 48.9 Å². The average Bonchev–Trinajstić information content (AvgIpc) is 3.23. The number of hydrogen-bond donors (Lipinski definition) is 2. The summed E-state index contributed by atoms with van der Waals surface area (Å²) < 4.78 is 1.71. The van der Waals surface area contributed by atoms with Crippen molar-refractivity contribution in [3.63, 3.8) is 0 Å². The van der Waals surface area contributed by atoms with E-state index in [1.807, 2.05) is 37.3 Å². The van der Waals surface area contributed by atoms with Gasteiger partial charge < -0.3 is 10.6 Å². The third-order valence-electron chi connectivity index (χ3n) is 5.11. The van der Waals surface area contributed by atoms with Gasteiger partial charge in [0.1, 0.15) is 11.9 Å². The summed E-state index contributed by atoms with van der Waals surface area (Å²) in [4.78, 5) is 26.4. The van der Waals surface area contributed by atoms with Crippen molar-refractivity contribution in [2.75, 3.05) is 10.6 Å². The molecule has 32 heavy (non-hydrogen) atoms. The Balaban J connectivity index is 1.60. The number of rotatable bonds is 4. The van der Waals surface area contributed by atoms with Crippen molar-refractivity contribution in [1.82, 2.24) is 24.7 Å². The smallest absolute Gasteiger partial charge is 0.257 e. The van der Waals surface area contributed by atoms with Crippen molar-refractivity contribution >= 4 is 29.3 Å². The molecule has 0 bridgehead atoms. The van der Waals surface area contributed by atoms with Crippen LogP contribution in [-0.2, 0) is 4.79 Å². The highest BCUT2D eigenvalue weighted by Gasteiger charge is 2.34. The van der Waals surface area contributed by atoms with Crippen molar-refractivity contribution < 1.29 is 4.79 Å². The maximum absolute atomic E-state index is 13.4. The zero-order valence-corrected chi connectivity index (χ0v) is 17.8. The van der Waals surface area contributed by atoms with E-state index >= 15 is 0 Å². The standard InChI is InChI=1S/C23H18ClN7O/c1-14-19(22(32)28-18-6-2-3-12-26-18)20(15-7-9-17(24)10-8-15)31-23(27-14)29-21(30-31)16-5-4-11-25-13-16/h2-13,20H,1H3,(H,26,28,32)(H,27,29,30). The number of hydrogen-bond acceptors (Lipinski definition) is 6. The monoisotopic (exact) mass is 443 g/mol. The lowest BCUT2D eigenvalue weighted by Crippen LogP contribution is -2.31. The van der Waals surface area contributed by atoms with E-state index in [1.54, 1.807) is 47.5 Å². The Kier molecular flexibility index (Phi) is 5.12. The molecule has 1 aromatic carbocycles. The van der Waals surface area contributed by atoms with Crippen LogP contribution >= 0.6 is 11.6 Å². The zero-order chi connectivity index (χ0) is 22.1. The molecule has 0 saturated carbocycles. The van der Waals surface area contributed by atoms with Crippen LogP contribution in [0.3, 0.4) is 0 Å². The number of carbonyl (C=O) groups excluding carboxylic acids is 1. The lowest BCUT2D eigenvalue weighted by molar-refractivity contribution is -0.113. The first kappa shape index (κ1) is 19.9. The summed E-state index contributed by atoms with van der Waals surface area (Å²) in [6.07, 6.45) is 5.02. The van der Waals surface area contributed by atoms with E-state index in [0.717, 1.165) is 11.1 Å². The number of nitrogens with zero attached hydrogens (tertiary/aromatic N) is 5. The molecule has 4 heterocycles. The number of aromatic nitrogens is 5. The molecular formula is C23H18ClN7O. The highest BCUT2D eigenvalue weighted by atomic mass is 35.5. The van der Waals surface area contributed by atoms with Crippen LogP contribution in [0.25, 0.3) is 11.4 Å². The molecule has 2 N–H and O–H groups in total. The molecule has 4 aromatic rings. The summed E-state index contributed by atoms with van der Waals surface area (Å²) in [5, 5.41) is 11.4. The molecule has 1 amide bonds. The van der Waals surface area contributed by atoms with Crippen LogP contribution < -0.4 is 10.6 Å². The third kappa shape index (κ3) is 3.72. The van der Waals surface area contributed by atoms with E-state index in [1.165, 1.54) is 0 Å². The van der Waals surface area contributed by atoms with Crippen LogP contribution in [0.1, 0.15) is 18.5 Å². The first-order valence-electron chi connectivity index (χ1n) is 9.93. The molecule has 0 saturated heterocycles. The summed E-state index contributed by atoms with van der Waals surface area (Å²) in [6, 6.07) is 15.9. The van der Waals surface area contributed by atoms with Gasteiger partial charge in [-0.1, -0.05) is 29.8 Å². The Morgan fingerprint density at radius 2 is 1.94 bits per heavy atom. The van der Waals surface area contributed by atoms with Crippen LogP contribution in [0, 0.1) is 0 Å². The Hall–Kier alpha value is -4.04. The molecule has 0 spiro atoms. The van der Waals surface area contributed by atoms with E-state index in [0.29, 0.717) is 33.9 Å². The highest BCUT2D eigenvalue weighted by molar-refractivity contribution is 6.30. The minimum absolute atomic E-state index is 0.280. The molecule has 0 radical (unpaired) electrons. The molecule has 5 rings (SSSR count). The predicted octanol–water partition coefficient (Wildman–Crippen LogP) is 4.32. The number of nitrogens with one attached hydrogen (secondary N) is 2. The largest absolute Gasteiger partial charge is 0.328 e. The molecule has 1 aliphatic rings. The second-order valence-electron chi connectivity index (χ2n) is 7.23. The number of fused-ring (bicyclic) bond motifs is 1. The summed E-state index contributed by atoms with van der Waals surface area (Å²) in [5.41, 5.74) is 2.82. The van der Waals surface area contributed by atoms with Crippen molar-refractivity contribution in [2.24, 2.45) is 0 Å². The lowest BCUT2D eigenvalue weighted by atomic mass is 9.95. The number of benzene rings is 1. The summed E-state index contributed by atoms with van der Waals surface area (Å²) in [7, 11) is 0. The van der Waals surface area contributed by atoms with Crippen LogP contribution in [0.15, 0.2) is 84.5 Å². The normalized spacial score (nSPS) is 15.1. The maximum Gasteiger partial charge on any atom is 0.257 e. The minimum atomic E-state index is -0.509. The number of anilines is 2. The van der Waals surface area contributed by atoms with Gasteiger partial charge in [-0.3, -0.25) is 9.78 Å². The quantitative estimate of drug-likeness (QED) is 0.487.